The normalized spacial score (nSPS) is 48.7. The number of fused-ring (bicyclic) bond motifs is 5. The summed E-state index contributed by atoms with van der Waals surface area (Å²) in [6.07, 6.45) is 11.8. The second-order valence-corrected chi connectivity index (χ2v) is 13.0. The molecule has 4 aliphatic carbocycles. The quantitative estimate of drug-likeness (QED) is 0.496. The molecule has 0 aromatic rings. The number of hydrogen-bond acceptors (Lipinski definition) is 3. The molecule has 0 bridgehead atoms. The Hall–Kier alpha value is -0.120. The van der Waals surface area contributed by atoms with Gasteiger partial charge in [-0.15, -0.1) is 0 Å². The Morgan fingerprint density at radius 2 is 1.53 bits per heavy atom. The average Bonchev–Trinajstić information content (AvgIpc) is 3.00. The first-order chi connectivity index (χ1) is 14.0. The molecule has 4 fully saturated rings. The Labute approximate surface area is 185 Å². The van der Waals surface area contributed by atoms with Gasteiger partial charge in [0.15, 0.2) is 5.79 Å². The fourth-order valence-corrected chi connectivity index (χ4v) is 9.29. The second-order valence-electron chi connectivity index (χ2n) is 13.0. The van der Waals surface area contributed by atoms with Crippen LogP contribution in [0.3, 0.4) is 0 Å². The lowest BCUT2D eigenvalue weighted by Gasteiger charge is -2.62. The van der Waals surface area contributed by atoms with Gasteiger partial charge in [0.25, 0.3) is 0 Å². The van der Waals surface area contributed by atoms with Gasteiger partial charge < -0.3 is 15.3 Å². The van der Waals surface area contributed by atoms with Crippen molar-refractivity contribution in [3.63, 3.8) is 0 Å². The zero-order chi connectivity index (χ0) is 21.9. The SMILES string of the molecule is CC(C)CCC[C@@H](C)[C@H]1CC[C@H]2[C@@H]3CCC4CC(O)(O)C(O)C[C@]4(C)[C@H]3CC[C@]12C. The van der Waals surface area contributed by atoms with E-state index in [1.807, 2.05) is 0 Å². The van der Waals surface area contributed by atoms with Crippen LogP contribution in [-0.4, -0.2) is 27.2 Å². The summed E-state index contributed by atoms with van der Waals surface area (Å²) < 4.78 is 0. The lowest BCUT2D eigenvalue weighted by Crippen LogP contribution is -2.60. The Balaban J connectivity index is 1.48. The maximum atomic E-state index is 10.5. The molecule has 0 aliphatic heterocycles. The molecule has 0 saturated heterocycles. The van der Waals surface area contributed by atoms with Crippen molar-refractivity contribution in [3.8, 4) is 0 Å². The summed E-state index contributed by atoms with van der Waals surface area (Å²) in [6, 6.07) is 0. The monoisotopic (exact) mass is 420 g/mol. The van der Waals surface area contributed by atoms with Crippen molar-refractivity contribution in [2.24, 2.45) is 52.3 Å². The smallest absolute Gasteiger partial charge is 0.189 e. The van der Waals surface area contributed by atoms with Crippen molar-refractivity contribution in [2.75, 3.05) is 0 Å². The van der Waals surface area contributed by atoms with Crippen molar-refractivity contribution in [2.45, 2.75) is 117 Å². The van der Waals surface area contributed by atoms with E-state index in [9.17, 15) is 15.3 Å². The number of aliphatic hydroxyl groups excluding tert-OH is 1. The van der Waals surface area contributed by atoms with E-state index in [1.165, 1.54) is 51.4 Å². The van der Waals surface area contributed by atoms with E-state index in [-0.39, 0.29) is 5.41 Å². The minimum atomic E-state index is -1.88. The van der Waals surface area contributed by atoms with Crippen LogP contribution >= 0.6 is 0 Å². The third-order valence-corrected chi connectivity index (χ3v) is 11.0. The van der Waals surface area contributed by atoms with E-state index in [0.717, 1.165) is 36.0 Å². The van der Waals surface area contributed by atoms with Gasteiger partial charge in [0.2, 0.25) is 0 Å². The molecule has 4 rings (SSSR count). The lowest BCUT2D eigenvalue weighted by molar-refractivity contribution is -0.284. The minimum absolute atomic E-state index is 0.0690. The maximum absolute atomic E-state index is 10.5. The van der Waals surface area contributed by atoms with Crippen molar-refractivity contribution in [1.82, 2.24) is 0 Å². The Morgan fingerprint density at radius 3 is 2.23 bits per heavy atom. The molecule has 3 N–H and O–H groups in total. The van der Waals surface area contributed by atoms with Crippen molar-refractivity contribution >= 4 is 0 Å². The lowest BCUT2D eigenvalue weighted by atomic mass is 9.44. The highest BCUT2D eigenvalue weighted by Crippen LogP contribution is 2.68. The van der Waals surface area contributed by atoms with E-state index in [2.05, 4.69) is 34.6 Å². The summed E-state index contributed by atoms with van der Waals surface area (Å²) in [4.78, 5) is 0. The first kappa shape index (κ1) is 23.1. The van der Waals surface area contributed by atoms with Gasteiger partial charge in [0.05, 0.1) is 0 Å². The molecule has 0 aromatic carbocycles. The molecule has 0 amide bonds. The number of aliphatic hydroxyl groups is 3. The summed E-state index contributed by atoms with van der Waals surface area (Å²) in [5, 5.41) is 31.1. The van der Waals surface area contributed by atoms with Crippen LogP contribution in [-0.2, 0) is 0 Å². The van der Waals surface area contributed by atoms with Gasteiger partial charge in [-0.1, -0.05) is 53.9 Å². The standard InChI is InChI=1S/C27H48O3/c1-17(2)7-6-8-18(3)21-11-12-22-20-10-9-19-15-27(29,30)24(28)16-26(19,5)23(20)13-14-25(21,22)4/h17-24,28-30H,6-16H2,1-5H3/t18-,19?,20+,21-,22+,23+,24?,25-,26+/m1/s1. The van der Waals surface area contributed by atoms with Crippen LogP contribution < -0.4 is 0 Å². The molecule has 174 valence electrons. The maximum Gasteiger partial charge on any atom is 0.189 e. The molecule has 0 heterocycles. The molecule has 0 spiro atoms. The van der Waals surface area contributed by atoms with Gasteiger partial charge in [-0.25, -0.2) is 0 Å². The highest BCUT2D eigenvalue weighted by molar-refractivity contribution is 5.11. The predicted octanol–water partition coefficient (Wildman–Crippen LogP) is 5.76. The molecule has 2 unspecified atom stereocenters. The molecule has 0 aromatic heterocycles. The van der Waals surface area contributed by atoms with Gasteiger partial charge in [0.1, 0.15) is 6.10 Å². The van der Waals surface area contributed by atoms with E-state index in [1.54, 1.807) is 0 Å². The Morgan fingerprint density at radius 1 is 0.833 bits per heavy atom. The van der Waals surface area contributed by atoms with E-state index >= 15 is 0 Å². The Kier molecular flexibility index (Phi) is 6.17. The topological polar surface area (TPSA) is 60.7 Å². The number of hydrogen-bond donors (Lipinski definition) is 3. The van der Waals surface area contributed by atoms with Crippen LogP contribution in [0.2, 0.25) is 0 Å². The minimum Gasteiger partial charge on any atom is -0.388 e. The van der Waals surface area contributed by atoms with Crippen molar-refractivity contribution in [3.05, 3.63) is 0 Å². The molecular formula is C27H48O3. The van der Waals surface area contributed by atoms with Crippen LogP contribution in [0.5, 0.6) is 0 Å². The van der Waals surface area contributed by atoms with Crippen molar-refractivity contribution < 1.29 is 15.3 Å². The fourth-order valence-electron chi connectivity index (χ4n) is 9.29. The van der Waals surface area contributed by atoms with Gasteiger partial charge in [0, 0.05) is 6.42 Å². The van der Waals surface area contributed by atoms with Crippen molar-refractivity contribution in [1.29, 1.82) is 0 Å². The largest absolute Gasteiger partial charge is 0.388 e. The fraction of sp³-hybridized carbons (Fsp3) is 1.00. The van der Waals surface area contributed by atoms with Crippen LogP contribution in [0.1, 0.15) is 105 Å². The first-order valence-electron chi connectivity index (χ1n) is 13.1. The van der Waals surface area contributed by atoms with E-state index in [4.69, 9.17) is 0 Å². The molecule has 3 nitrogen and oxygen atoms in total. The first-order valence-corrected chi connectivity index (χ1v) is 13.1. The average molecular weight is 421 g/mol. The summed E-state index contributed by atoms with van der Waals surface area (Å²) in [5.41, 5.74) is 0.562. The Bertz CT molecular complexity index is 615. The van der Waals surface area contributed by atoms with Crippen LogP contribution in [0.4, 0.5) is 0 Å². The summed E-state index contributed by atoms with van der Waals surface area (Å²) in [6.45, 7) is 12.2. The third-order valence-electron chi connectivity index (χ3n) is 11.0. The third kappa shape index (κ3) is 3.69. The van der Waals surface area contributed by atoms with Gasteiger partial charge in [-0.05, 0) is 97.2 Å². The molecule has 0 radical (unpaired) electrons. The molecule has 3 heteroatoms. The van der Waals surface area contributed by atoms with E-state index in [0.29, 0.717) is 30.1 Å². The van der Waals surface area contributed by atoms with Crippen LogP contribution in [0.25, 0.3) is 0 Å². The zero-order valence-corrected chi connectivity index (χ0v) is 20.2. The molecular weight excluding hydrogens is 372 g/mol. The predicted molar refractivity (Wildman–Crippen MR) is 122 cm³/mol. The molecule has 4 aliphatic rings. The second kappa shape index (κ2) is 8.03. The highest BCUT2D eigenvalue weighted by atomic mass is 16.5. The summed E-state index contributed by atoms with van der Waals surface area (Å²) in [5.74, 6) is 3.24. The van der Waals surface area contributed by atoms with Gasteiger partial charge in [-0.2, -0.15) is 0 Å². The highest BCUT2D eigenvalue weighted by Gasteiger charge is 2.62. The summed E-state index contributed by atoms with van der Waals surface area (Å²) >= 11 is 0. The van der Waals surface area contributed by atoms with Crippen LogP contribution in [0.15, 0.2) is 0 Å². The molecule has 30 heavy (non-hydrogen) atoms. The zero-order valence-electron chi connectivity index (χ0n) is 20.2. The molecule has 9 atom stereocenters. The van der Waals surface area contributed by atoms with Gasteiger partial charge in [-0.3, -0.25) is 0 Å². The van der Waals surface area contributed by atoms with Gasteiger partial charge >= 0.3 is 0 Å². The van der Waals surface area contributed by atoms with E-state index < -0.39 is 11.9 Å². The summed E-state index contributed by atoms with van der Waals surface area (Å²) in [7, 11) is 0. The number of rotatable bonds is 5. The van der Waals surface area contributed by atoms with Crippen LogP contribution in [0, 0.1) is 52.3 Å². The molecule has 4 saturated carbocycles.